The molecular weight excluding hydrogens is 358 g/mol. The van der Waals surface area contributed by atoms with Crippen molar-refractivity contribution in [1.82, 2.24) is 15.5 Å². The average Bonchev–Trinajstić information content (AvgIpc) is 2.62. The van der Waals surface area contributed by atoms with E-state index in [9.17, 15) is 9.59 Å². The summed E-state index contributed by atoms with van der Waals surface area (Å²) in [5.74, 6) is -0.465. The lowest BCUT2D eigenvalue weighted by Crippen LogP contribution is -2.49. The van der Waals surface area contributed by atoms with E-state index in [1.165, 1.54) is 0 Å². The fraction of sp³-hybridized carbons (Fsp3) is 0.444. The third-order valence-electron chi connectivity index (χ3n) is 4.35. The highest BCUT2D eigenvalue weighted by molar-refractivity contribution is 6.31. The van der Waals surface area contributed by atoms with Crippen LogP contribution in [-0.4, -0.2) is 56.4 Å². The van der Waals surface area contributed by atoms with Gasteiger partial charge in [-0.3, -0.25) is 4.90 Å². The molecule has 2 aliphatic heterocycles. The van der Waals surface area contributed by atoms with Crippen LogP contribution in [0.4, 0.5) is 4.79 Å². The number of halogens is 1. The van der Waals surface area contributed by atoms with E-state index in [2.05, 4.69) is 15.5 Å². The molecule has 1 fully saturated rings. The molecule has 2 aliphatic rings. The SMILES string of the molecule is CCOC(=O)C1=C(CN2CCOCC2)NC(=O)NC1c1ccccc1Cl. The van der Waals surface area contributed by atoms with Crippen molar-refractivity contribution in [3.63, 3.8) is 0 Å². The third-order valence-corrected chi connectivity index (χ3v) is 4.69. The molecule has 1 unspecified atom stereocenters. The Morgan fingerprint density at radius 1 is 1.35 bits per heavy atom. The molecule has 2 heterocycles. The van der Waals surface area contributed by atoms with Gasteiger partial charge in [-0.15, -0.1) is 0 Å². The van der Waals surface area contributed by atoms with Crippen LogP contribution < -0.4 is 10.6 Å². The van der Waals surface area contributed by atoms with Crippen molar-refractivity contribution in [3.8, 4) is 0 Å². The van der Waals surface area contributed by atoms with Crippen molar-refractivity contribution in [2.24, 2.45) is 0 Å². The number of carbonyl (C=O) groups excluding carboxylic acids is 2. The second kappa shape index (κ2) is 8.53. The minimum atomic E-state index is -0.660. The molecule has 1 atom stereocenters. The maximum absolute atomic E-state index is 12.7. The number of nitrogens with zero attached hydrogens (tertiary/aromatic N) is 1. The van der Waals surface area contributed by atoms with Gasteiger partial charge in [0.05, 0.1) is 31.4 Å². The summed E-state index contributed by atoms with van der Waals surface area (Å²) in [6.45, 7) is 5.16. The van der Waals surface area contributed by atoms with Gasteiger partial charge in [-0.2, -0.15) is 0 Å². The zero-order valence-corrected chi connectivity index (χ0v) is 15.3. The van der Waals surface area contributed by atoms with Crippen LogP contribution in [0.15, 0.2) is 35.5 Å². The number of esters is 1. The molecule has 26 heavy (non-hydrogen) atoms. The van der Waals surface area contributed by atoms with Crippen LogP contribution in [0.25, 0.3) is 0 Å². The number of morpholine rings is 1. The summed E-state index contributed by atoms with van der Waals surface area (Å²) < 4.78 is 10.6. The third kappa shape index (κ3) is 4.17. The largest absolute Gasteiger partial charge is 0.463 e. The Bertz CT molecular complexity index is 716. The van der Waals surface area contributed by atoms with Crippen molar-refractivity contribution in [1.29, 1.82) is 0 Å². The molecule has 140 valence electrons. The van der Waals surface area contributed by atoms with Gasteiger partial charge in [0.15, 0.2) is 0 Å². The van der Waals surface area contributed by atoms with Gasteiger partial charge in [0.25, 0.3) is 0 Å². The Kier molecular flexibility index (Phi) is 6.13. The molecule has 0 aromatic heterocycles. The quantitative estimate of drug-likeness (QED) is 0.763. The predicted octanol–water partition coefficient (Wildman–Crippen LogP) is 1.84. The second-order valence-electron chi connectivity index (χ2n) is 6.05. The lowest BCUT2D eigenvalue weighted by Gasteiger charge is -2.33. The van der Waals surface area contributed by atoms with Crippen molar-refractivity contribution < 1.29 is 19.1 Å². The van der Waals surface area contributed by atoms with E-state index in [0.29, 0.717) is 41.6 Å². The molecule has 7 nitrogen and oxygen atoms in total. The highest BCUT2D eigenvalue weighted by atomic mass is 35.5. The van der Waals surface area contributed by atoms with Crippen LogP contribution in [0.1, 0.15) is 18.5 Å². The van der Waals surface area contributed by atoms with Crippen LogP contribution in [0.2, 0.25) is 5.02 Å². The Balaban J connectivity index is 2.00. The summed E-state index contributed by atoms with van der Waals surface area (Å²) in [5, 5.41) is 6.05. The monoisotopic (exact) mass is 379 g/mol. The van der Waals surface area contributed by atoms with Crippen LogP contribution in [-0.2, 0) is 14.3 Å². The van der Waals surface area contributed by atoms with Gasteiger partial charge in [-0.1, -0.05) is 29.8 Å². The standard InChI is InChI=1S/C18H22ClN3O4/c1-2-26-17(23)15-14(11-22-7-9-25-10-8-22)20-18(24)21-16(15)12-5-3-4-6-13(12)19/h3-6,16H,2,7-11H2,1H3,(H2,20,21,24). The van der Waals surface area contributed by atoms with Gasteiger partial charge in [0.1, 0.15) is 0 Å². The minimum Gasteiger partial charge on any atom is -0.463 e. The zero-order valence-electron chi connectivity index (χ0n) is 14.6. The van der Waals surface area contributed by atoms with Gasteiger partial charge in [0, 0.05) is 30.4 Å². The van der Waals surface area contributed by atoms with E-state index in [-0.39, 0.29) is 12.6 Å². The number of rotatable bonds is 5. The smallest absolute Gasteiger partial charge is 0.338 e. The molecule has 1 aromatic carbocycles. The number of hydrogen-bond acceptors (Lipinski definition) is 5. The number of benzene rings is 1. The summed E-state index contributed by atoms with van der Waals surface area (Å²) in [5.41, 5.74) is 1.58. The highest BCUT2D eigenvalue weighted by Gasteiger charge is 2.35. The number of ether oxygens (including phenoxy) is 2. The summed E-state index contributed by atoms with van der Waals surface area (Å²) >= 11 is 6.32. The summed E-state index contributed by atoms with van der Waals surface area (Å²) in [7, 11) is 0. The number of carbonyl (C=O) groups is 2. The fourth-order valence-corrected chi connectivity index (χ4v) is 3.36. The van der Waals surface area contributed by atoms with Gasteiger partial charge >= 0.3 is 12.0 Å². The van der Waals surface area contributed by atoms with Gasteiger partial charge in [0.2, 0.25) is 0 Å². The van der Waals surface area contributed by atoms with E-state index in [1.807, 2.05) is 6.07 Å². The number of hydrogen-bond donors (Lipinski definition) is 2. The Labute approximate surface area is 157 Å². The van der Waals surface area contributed by atoms with E-state index in [0.717, 1.165) is 13.1 Å². The summed E-state index contributed by atoms with van der Waals surface area (Å²) in [6, 6.07) is 6.12. The molecule has 8 heteroatoms. The van der Waals surface area contributed by atoms with E-state index < -0.39 is 12.0 Å². The molecule has 2 N–H and O–H groups in total. The summed E-state index contributed by atoms with van der Waals surface area (Å²) in [6.07, 6.45) is 0. The molecule has 0 saturated carbocycles. The normalized spacial score (nSPS) is 21.2. The molecule has 0 bridgehead atoms. The highest BCUT2D eigenvalue weighted by Crippen LogP contribution is 2.32. The van der Waals surface area contributed by atoms with Crippen LogP contribution in [0, 0.1) is 0 Å². The molecule has 0 radical (unpaired) electrons. The maximum Gasteiger partial charge on any atom is 0.338 e. The van der Waals surface area contributed by atoms with Crippen molar-refractivity contribution in [3.05, 3.63) is 46.1 Å². The molecule has 1 aromatic rings. The van der Waals surface area contributed by atoms with E-state index in [1.54, 1.807) is 25.1 Å². The lowest BCUT2D eigenvalue weighted by molar-refractivity contribution is -0.139. The number of amides is 2. The molecule has 2 amide bonds. The van der Waals surface area contributed by atoms with Gasteiger partial charge < -0.3 is 20.1 Å². The van der Waals surface area contributed by atoms with Gasteiger partial charge in [-0.05, 0) is 18.6 Å². The number of nitrogens with one attached hydrogen (secondary N) is 2. The van der Waals surface area contributed by atoms with Crippen molar-refractivity contribution in [2.75, 3.05) is 39.5 Å². The Morgan fingerprint density at radius 3 is 2.77 bits per heavy atom. The molecular formula is C18H22ClN3O4. The maximum atomic E-state index is 12.7. The zero-order chi connectivity index (χ0) is 18.5. The first-order valence-corrected chi connectivity index (χ1v) is 9.00. The molecule has 0 aliphatic carbocycles. The Morgan fingerprint density at radius 2 is 2.08 bits per heavy atom. The average molecular weight is 380 g/mol. The van der Waals surface area contributed by atoms with Crippen LogP contribution in [0.5, 0.6) is 0 Å². The molecule has 0 spiro atoms. The van der Waals surface area contributed by atoms with E-state index in [4.69, 9.17) is 21.1 Å². The minimum absolute atomic E-state index is 0.246. The topological polar surface area (TPSA) is 79.9 Å². The fourth-order valence-electron chi connectivity index (χ4n) is 3.12. The Hall–Kier alpha value is -2.09. The van der Waals surface area contributed by atoms with Gasteiger partial charge in [-0.25, -0.2) is 9.59 Å². The van der Waals surface area contributed by atoms with Crippen LogP contribution >= 0.6 is 11.6 Å². The first-order valence-electron chi connectivity index (χ1n) is 8.62. The second-order valence-corrected chi connectivity index (χ2v) is 6.46. The summed E-state index contributed by atoms with van der Waals surface area (Å²) in [4.78, 5) is 27.1. The first kappa shape index (κ1) is 18.7. The molecule has 1 saturated heterocycles. The predicted molar refractivity (Wildman–Crippen MR) is 96.8 cm³/mol. The van der Waals surface area contributed by atoms with Crippen molar-refractivity contribution >= 4 is 23.6 Å². The lowest BCUT2D eigenvalue weighted by atomic mass is 9.95. The first-order chi connectivity index (χ1) is 12.6. The van der Waals surface area contributed by atoms with Crippen molar-refractivity contribution in [2.45, 2.75) is 13.0 Å². The number of urea groups is 1. The molecule has 3 rings (SSSR count). The van der Waals surface area contributed by atoms with E-state index >= 15 is 0 Å². The van der Waals surface area contributed by atoms with Crippen LogP contribution in [0.3, 0.4) is 0 Å².